The number of hydrogen-bond acceptors (Lipinski definition) is 29. The molecule has 1 aliphatic heterocycles. The van der Waals surface area contributed by atoms with E-state index in [9.17, 15) is 131 Å². The molecular weight excluding hydrogens is 1010 g/mol. The van der Waals surface area contributed by atoms with E-state index in [0.717, 1.165) is 7.05 Å². The Hall–Kier alpha value is -11.9. The molecule has 0 bridgehead atoms. The van der Waals surface area contributed by atoms with Crippen LogP contribution in [0.3, 0.4) is 0 Å². The predicted molar refractivity (Wildman–Crippen MR) is 204 cm³/mol. The minimum absolute atomic E-state index is 0.0555. The number of benzene rings is 2. The molecule has 2 N–H and O–H groups in total. The Morgan fingerprint density at radius 1 is 0.423 bits per heavy atom. The maximum absolute atomic E-state index is 10.8. The van der Waals surface area contributed by atoms with E-state index in [1.165, 1.54) is 6.92 Å². The zero-order valence-electron chi connectivity index (χ0n) is 34.0. The van der Waals surface area contributed by atoms with Crippen LogP contribution in [0, 0.1) is 138 Å². The maximum Gasteiger partial charge on any atom is 0.481 e. The van der Waals surface area contributed by atoms with E-state index in [1.807, 2.05) is 0 Å². The van der Waals surface area contributed by atoms with Gasteiger partial charge in [-0.1, -0.05) is 15.0 Å². The summed E-state index contributed by atoms with van der Waals surface area (Å²) < 4.78 is 0. The molecular formula is C21H20N22O28+2. The first-order valence-electron chi connectivity index (χ1n) is 16.5. The number of hydrogen-bond donors (Lipinski definition) is 2. The van der Waals surface area contributed by atoms with Gasteiger partial charge in [0, 0.05) is 15.0 Å². The normalized spacial score (nSPS) is 11.6. The van der Waals surface area contributed by atoms with Crippen LogP contribution in [0.25, 0.3) is 0 Å². The standard InChI is InChI=1S/C7H5N5O8.C7H5N3O6.C4H10N8O8.C3N6O6/c1-8(12(19)20)7-5(10(15)16)2-4(9(13)14)3-6(7)11(17)18;1-4-6(9(13)14)2-5(8(11)12)3-7(4)10(15)16;13-9(14)5-1-6(10(15)16)3-8(12(19)20)4-7(2-5)11(17)18;10-7(11)1-4-2(8(12)13)6-3(5-1)9(14)15/h2-3H,1H3;2-3H,1H3;1-4H2,(H,13,14)(H,15,16);/q;;+2;. The molecule has 4 rings (SSSR count). The molecule has 1 aromatic heterocycles. The lowest BCUT2D eigenvalue weighted by Crippen LogP contribution is -2.59. The van der Waals surface area contributed by atoms with Crippen LogP contribution < -0.4 is 5.01 Å². The number of nitrogens with zero attached hydrogens (tertiary/aromatic N) is 22. The maximum atomic E-state index is 10.8. The summed E-state index contributed by atoms with van der Waals surface area (Å²) in [7, 11) is 0.751. The van der Waals surface area contributed by atoms with E-state index in [0.29, 0.717) is 34.3 Å². The Balaban J connectivity index is 0.000000477. The number of rotatable bonds is 15. The van der Waals surface area contributed by atoms with Crippen LogP contribution >= 0.6 is 0 Å². The fourth-order valence-electron chi connectivity index (χ4n) is 4.48. The van der Waals surface area contributed by atoms with Crippen LogP contribution in [0.1, 0.15) is 5.56 Å². The molecule has 0 amide bonds. The Morgan fingerprint density at radius 2 is 0.676 bits per heavy atom. The number of hydrazine groups is 5. The van der Waals surface area contributed by atoms with Crippen LogP contribution in [0.4, 0.5) is 57.7 Å². The van der Waals surface area contributed by atoms with Gasteiger partial charge in [0.05, 0.1) is 60.9 Å². The SMILES string of the molecule is CN(c1c([N+](=O)[O-])cc([N+](=O)[O-])cc1[N+](=O)[O-])[N+](=O)[O-].Cc1c([N+](=O)[O-])cc([N+](=O)[O-])cc1[N+](=O)[O-].O=[N+]([O-])N1CN([N+](=O)[O-])CN([N+](=O)O)CN([N+](=O)O)C1.O=[N+]([O-])c1nc([N+](=O)[O-])nc([N+](=O)[O-])n1. The molecule has 2 aromatic carbocycles. The average Bonchev–Trinajstić information content (AvgIpc) is 3.25. The quantitative estimate of drug-likeness (QED) is 0.149. The summed E-state index contributed by atoms with van der Waals surface area (Å²) in [5.74, 6) is -3.74. The Labute approximate surface area is 379 Å². The number of nitro groups is 12. The highest BCUT2D eigenvalue weighted by molar-refractivity contribution is 5.77. The molecule has 0 spiro atoms. The molecule has 380 valence electrons. The molecule has 3 aromatic rings. The zero-order chi connectivity index (χ0) is 55.1. The molecule has 0 unspecified atom stereocenters. The fraction of sp³-hybridized carbons (Fsp3) is 0.286. The predicted octanol–water partition coefficient (Wildman–Crippen LogP) is -0.0575. The molecule has 0 saturated carbocycles. The first-order chi connectivity index (χ1) is 32.6. The Kier molecular flexibility index (Phi) is 19.2. The molecule has 2 heterocycles. The van der Waals surface area contributed by atoms with E-state index in [2.05, 4.69) is 15.0 Å². The minimum Gasteiger partial charge on any atom is -0.390 e. The first-order valence-corrected chi connectivity index (χ1v) is 16.5. The monoisotopic (exact) mass is 1030 g/mol. The average molecular weight is 1030 g/mol. The van der Waals surface area contributed by atoms with Gasteiger partial charge in [-0.2, -0.15) is 0 Å². The lowest BCUT2D eigenvalue weighted by Gasteiger charge is -2.25. The molecule has 0 radical (unpaired) electrons. The summed E-state index contributed by atoms with van der Waals surface area (Å²) in [6, 6.07) is 2.23. The molecule has 71 heavy (non-hydrogen) atoms. The first kappa shape index (κ1) is 57.1. The van der Waals surface area contributed by atoms with Gasteiger partial charge in [-0.05, 0) is 31.7 Å². The van der Waals surface area contributed by atoms with Gasteiger partial charge in [0.25, 0.3) is 28.4 Å². The van der Waals surface area contributed by atoms with Crippen LogP contribution in [0.15, 0.2) is 24.3 Å². The highest BCUT2D eigenvalue weighted by atomic mass is 16.7. The van der Waals surface area contributed by atoms with Crippen LogP contribution in [-0.2, 0) is 0 Å². The number of nitro benzene ring substituents is 6. The lowest BCUT2D eigenvalue weighted by molar-refractivity contribution is -0.948. The second-order valence-corrected chi connectivity index (χ2v) is 11.8. The van der Waals surface area contributed by atoms with Crippen molar-refractivity contribution in [3.05, 3.63) is 161 Å². The van der Waals surface area contributed by atoms with Crippen molar-refractivity contribution >= 4 is 57.7 Å². The van der Waals surface area contributed by atoms with Crippen molar-refractivity contribution in [3.63, 3.8) is 0 Å². The third kappa shape index (κ3) is 15.6. The topological polar surface area (TPSA) is 653 Å². The van der Waals surface area contributed by atoms with Gasteiger partial charge in [0.15, 0.2) is 15.1 Å². The number of aromatic nitrogens is 3. The third-order valence-corrected chi connectivity index (χ3v) is 7.51. The van der Waals surface area contributed by atoms with Crippen molar-refractivity contribution in [2.75, 3.05) is 38.7 Å². The van der Waals surface area contributed by atoms with Crippen LogP contribution in [-0.4, -0.2) is 149 Å². The van der Waals surface area contributed by atoms with Crippen LogP contribution in [0.5, 0.6) is 0 Å². The second-order valence-electron chi connectivity index (χ2n) is 11.8. The van der Waals surface area contributed by atoms with E-state index in [1.54, 1.807) is 0 Å². The van der Waals surface area contributed by atoms with Crippen molar-refractivity contribution in [3.8, 4) is 0 Å². The summed E-state index contributed by atoms with van der Waals surface area (Å²) >= 11 is 0. The van der Waals surface area contributed by atoms with Gasteiger partial charge in [0.2, 0.25) is 26.7 Å². The number of non-ortho nitro benzene ring substituents is 2. The van der Waals surface area contributed by atoms with Gasteiger partial charge in [0.1, 0.15) is 15.4 Å². The van der Waals surface area contributed by atoms with Crippen molar-refractivity contribution < 1.29 is 79.9 Å². The smallest absolute Gasteiger partial charge is 0.390 e. The summed E-state index contributed by atoms with van der Waals surface area (Å²) in [6.45, 7) is -2.27. The van der Waals surface area contributed by atoms with Crippen LogP contribution in [0.2, 0.25) is 0 Å². The molecule has 0 aliphatic carbocycles. The molecule has 1 fully saturated rings. The van der Waals surface area contributed by atoms with Gasteiger partial charge in [-0.25, -0.2) is 40.8 Å². The summed E-state index contributed by atoms with van der Waals surface area (Å²) in [4.78, 5) is 146. The summed E-state index contributed by atoms with van der Waals surface area (Å²) in [5, 5.41) is 140. The fourth-order valence-corrected chi connectivity index (χ4v) is 4.48. The summed E-state index contributed by atoms with van der Waals surface area (Å²) in [5.41, 5.74) is -6.24. The number of anilines is 1. The van der Waals surface area contributed by atoms with Crippen molar-refractivity contribution in [1.29, 1.82) is 0 Å². The second kappa shape index (κ2) is 23.8. The van der Waals surface area contributed by atoms with E-state index in [-0.39, 0.29) is 20.6 Å². The third-order valence-electron chi connectivity index (χ3n) is 7.51. The minimum atomic E-state index is -1.25. The van der Waals surface area contributed by atoms with E-state index < -0.39 is 154 Å². The van der Waals surface area contributed by atoms with E-state index in [4.69, 9.17) is 10.4 Å². The zero-order valence-corrected chi connectivity index (χ0v) is 34.0. The molecule has 50 heteroatoms. The van der Waals surface area contributed by atoms with Gasteiger partial charge >= 0.3 is 39.3 Å². The van der Waals surface area contributed by atoms with Gasteiger partial charge in [-0.3, -0.25) is 60.7 Å². The molecule has 1 aliphatic rings. The molecule has 0 atom stereocenters. The summed E-state index contributed by atoms with van der Waals surface area (Å²) in [6.07, 6.45) is 0. The van der Waals surface area contributed by atoms with Crippen molar-refractivity contribution in [2.45, 2.75) is 6.92 Å². The van der Waals surface area contributed by atoms with Crippen molar-refractivity contribution in [2.24, 2.45) is 0 Å². The molecule has 1 saturated heterocycles. The lowest BCUT2D eigenvalue weighted by atomic mass is 10.1. The van der Waals surface area contributed by atoms with Gasteiger partial charge < -0.3 is 30.3 Å². The highest BCUT2D eigenvalue weighted by Crippen LogP contribution is 2.40. The Bertz CT molecular complexity index is 2520. The Morgan fingerprint density at radius 3 is 0.887 bits per heavy atom. The largest absolute Gasteiger partial charge is 0.481 e. The van der Waals surface area contributed by atoms with Crippen molar-refractivity contribution in [1.82, 2.24) is 35.0 Å². The highest BCUT2D eigenvalue weighted by Gasteiger charge is 2.43. The molecule has 50 nitrogen and oxygen atoms in total. The van der Waals surface area contributed by atoms with Gasteiger partial charge in [-0.15, -0.1) is 0 Å². The van der Waals surface area contributed by atoms with E-state index >= 15 is 0 Å².